The van der Waals surface area contributed by atoms with E-state index < -0.39 is 0 Å². The van der Waals surface area contributed by atoms with Crippen LogP contribution in [0.25, 0.3) is 0 Å². The molecular weight excluding hydrogens is 254 g/mol. The van der Waals surface area contributed by atoms with E-state index in [9.17, 15) is 0 Å². The van der Waals surface area contributed by atoms with Gasteiger partial charge in [0, 0.05) is 24.5 Å². The van der Waals surface area contributed by atoms with Crippen LogP contribution in [0.5, 0.6) is 0 Å². The van der Waals surface area contributed by atoms with Crippen LogP contribution < -0.4 is 0 Å². The van der Waals surface area contributed by atoms with E-state index in [2.05, 4.69) is 48.5 Å². The molecule has 0 heterocycles. The normalized spacial score (nSPS) is 12.0. The zero-order valence-corrected chi connectivity index (χ0v) is 12.2. The first kappa shape index (κ1) is 15.4. The van der Waals surface area contributed by atoms with Crippen LogP contribution in [0.15, 0.2) is 0 Å². The molecule has 0 radical (unpaired) electrons. The van der Waals surface area contributed by atoms with E-state index in [0.717, 1.165) is 31.6 Å². The van der Waals surface area contributed by atoms with Crippen LogP contribution in [0.3, 0.4) is 0 Å². The molecule has 0 bridgehead atoms. The average Bonchev–Trinajstić information content (AvgIpc) is 2.15. The van der Waals surface area contributed by atoms with E-state index in [1.165, 1.54) is 6.42 Å². The minimum Gasteiger partial charge on any atom is -0.380 e. The van der Waals surface area contributed by atoms with E-state index in [0.29, 0.717) is 12.0 Å². The Morgan fingerprint density at radius 1 is 1.13 bits per heavy atom. The molecule has 0 unspecified atom stereocenters. The maximum atomic E-state index is 5.60. The first-order chi connectivity index (χ1) is 7.07. The second-order valence-corrected chi connectivity index (χ2v) is 5.43. The summed E-state index contributed by atoms with van der Waals surface area (Å²) in [4.78, 5) is 2.47. The maximum Gasteiger partial charge on any atom is 0.0593 e. The van der Waals surface area contributed by atoms with Crippen LogP contribution in [0.2, 0.25) is 0 Å². The summed E-state index contributed by atoms with van der Waals surface area (Å²) in [5, 5.41) is 1.09. The lowest BCUT2D eigenvalue weighted by Gasteiger charge is -2.26. The predicted molar refractivity (Wildman–Crippen MR) is 70.8 cm³/mol. The molecule has 0 amide bonds. The van der Waals surface area contributed by atoms with E-state index in [1.807, 2.05) is 0 Å². The number of nitrogens with zero attached hydrogens (tertiary/aromatic N) is 1. The molecule has 15 heavy (non-hydrogen) atoms. The lowest BCUT2D eigenvalue weighted by molar-refractivity contribution is 0.0768. The number of ether oxygens (including phenoxy) is 1. The maximum absolute atomic E-state index is 5.60. The molecule has 0 fully saturated rings. The summed E-state index contributed by atoms with van der Waals surface area (Å²) in [6.07, 6.45) is 1.21. The summed E-state index contributed by atoms with van der Waals surface area (Å²) < 4.78 is 5.60. The van der Waals surface area contributed by atoms with Gasteiger partial charge in [0.1, 0.15) is 0 Å². The first-order valence-electron chi connectivity index (χ1n) is 5.95. The van der Waals surface area contributed by atoms with Crippen LogP contribution in [0.4, 0.5) is 0 Å². The minimum atomic E-state index is 0.617. The van der Waals surface area contributed by atoms with Gasteiger partial charge in [0.05, 0.1) is 6.61 Å². The Bertz CT molecular complexity index is 140. The zero-order valence-electron chi connectivity index (χ0n) is 10.6. The summed E-state index contributed by atoms with van der Waals surface area (Å²) in [7, 11) is 0. The predicted octanol–water partition coefficient (Wildman–Crippen LogP) is 3.15. The molecule has 0 aromatic rings. The molecule has 2 nitrogen and oxygen atoms in total. The number of rotatable bonds is 9. The fourth-order valence-electron chi connectivity index (χ4n) is 1.39. The van der Waals surface area contributed by atoms with Crippen molar-refractivity contribution in [3.63, 3.8) is 0 Å². The molecule has 0 saturated carbocycles. The van der Waals surface area contributed by atoms with Crippen molar-refractivity contribution in [2.24, 2.45) is 5.92 Å². The monoisotopic (exact) mass is 279 g/mol. The molecule has 0 aromatic heterocycles. The SMILES string of the molecule is CC(C)COCCN(CCCBr)C(C)C. The second-order valence-electron chi connectivity index (χ2n) is 4.64. The van der Waals surface area contributed by atoms with Crippen molar-refractivity contribution in [1.29, 1.82) is 0 Å². The summed E-state index contributed by atoms with van der Waals surface area (Å²) in [6, 6.07) is 0.617. The number of hydrogen-bond donors (Lipinski definition) is 0. The first-order valence-corrected chi connectivity index (χ1v) is 7.07. The zero-order chi connectivity index (χ0) is 11.7. The number of halogens is 1. The van der Waals surface area contributed by atoms with E-state index in [4.69, 9.17) is 4.74 Å². The van der Waals surface area contributed by atoms with Crippen LogP contribution in [-0.4, -0.2) is 42.6 Å². The Morgan fingerprint density at radius 2 is 1.80 bits per heavy atom. The van der Waals surface area contributed by atoms with E-state index in [1.54, 1.807) is 0 Å². The Balaban J connectivity index is 3.57. The standard InChI is InChI=1S/C12H26BrNO/c1-11(2)10-15-9-8-14(12(3)4)7-5-6-13/h11-12H,5-10H2,1-4H3. The topological polar surface area (TPSA) is 12.5 Å². The third-order valence-electron chi connectivity index (χ3n) is 2.28. The van der Waals surface area contributed by atoms with Gasteiger partial charge < -0.3 is 4.74 Å². The molecule has 0 spiro atoms. The van der Waals surface area contributed by atoms with Gasteiger partial charge in [-0.2, -0.15) is 0 Å². The van der Waals surface area contributed by atoms with Crippen molar-refractivity contribution in [3.8, 4) is 0 Å². The lowest BCUT2D eigenvalue weighted by atomic mass is 10.2. The number of hydrogen-bond acceptors (Lipinski definition) is 2. The van der Waals surface area contributed by atoms with Crippen molar-refractivity contribution in [3.05, 3.63) is 0 Å². The van der Waals surface area contributed by atoms with Crippen molar-refractivity contribution >= 4 is 15.9 Å². The van der Waals surface area contributed by atoms with Crippen molar-refractivity contribution in [2.45, 2.75) is 40.2 Å². The highest BCUT2D eigenvalue weighted by molar-refractivity contribution is 9.09. The fraction of sp³-hybridized carbons (Fsp3) is 1.00. The number of alkyl halides is 1. The highest BCUT2D eigenvalue weighted by Crippen LogP contribution is 2.01. The molecule has 0 aromatic carbocycles. The van der Waals surface area contributed by atoms with Gasteiger partial charge in [-0.1, -0.05) is 29.8 Å². The molecule has 0 aliphatic carbocycles. The smallest absolute Gasteiger partial charge is 0.0593 e. The van der Waals surface area contributed by atoms with Gasteiger partial charge in [0.2, 0.25) is 0 Å². The third kappa shape index (κ3) is 9.34. The van der Waals surface area contributed by atoms with Crippen molar-refractivity contribution in [1.82, 2.24) is 4.90 Å². The Kier molecular flexibility index (Phi) is 9.87. The summed E-state index contributed by atoms with van der Waals surface area (Å²) >= 11 is 3.47. The van der Waals surface area contributed by atoms with Crippen LogP contribution in [0.1, 0.15) is 34.1 Å². The summed E-state index contributed by atoms with van der Waals surface area (Å²) in [5.74, 6) is 0.639. The molecule has 3 heteroatoms. The minimum absolute atomic E-state index is 0.617. The van der Waals surface area contributed by atoms with Gasteiger partial charge in [-0.15, -0.1) is 0 Å². The molecule has 92 valence electrons. The van der Waals surface area contributed by atoms with Crippen LogP contribution in [-0.2, 0) is 4.74 Å². The average molecular weight is 280 g/mol. The molecule has 0 aliphatic heterocycles. The van der Waals surface area contributed by atoms with Crippen molar-refractivity contribution in [2.75, 3.05) is 31.6 Å². The quantitative estimate of drug-likeness (QED) is 0.475. The highest BCUT2D eigenvalue weighted by atomic mass is 79.9. The molecule has 0 rings (SSSR count). The Labute approximate surface area is 103 Å². The molecule has 0 atom stereocenters. The fourth-order valence-corrected chi connectivity index (χ4v) is 1.64. The summed E-state index contributed by atoms with van der Waals surface area (Å²) in [6.45, 7) is 12.8. The van der Waals surface area contributed by atoms with Gasteiger partial charge in [-0.3, -0.25) is 4.90 Å². The van der Waals surface area contributed by atoms with Gasteiger partial charge in [0.15, 0.2) is 0 Å². The van der Waals surface area contributed by atoms with Gasteiger partial charge in [-0.05, 0) is 32.7 Å². The van der Waals surface area contributed by atoms with Crippen LogP contribution in [0, 0.1) is 5.92 Å². The Morgan fingerprint density at radius 3 is 2.27 bits per heavy atom. The second kappa shape index (κ2) is 9.61. The molecular formula is C12H26BrNO. The summed E-state index contributed by atoms with van der Waals surface area (Å²) in [5.41, 5.74) is 0. The van der Waals surface area contributed by atoms with Crippen LogP contribution >= 0.6 is 15.9 Å². The highest BCUT2D eigenvalue weighted by Gasteiger charge is 2.08. The molecule has 0 N–H and O–H groups in total. The Hall–Kier alpha value is 0.400. The third-order valence-corrected chi connectivity index (χ3v) is 2.84. The largest absolute Gasteiger partial charge is 0.380 e. The molecule has 0 aliphatic rings. The van der Waals surface area contributed by atoms with Gasteiger partial charge in [-0.25, -0.2) is 0 Å². The van der Waals surface area contributed by atoms with Gasteiger partial charge >= 0.3 is 0 Å². The van der Waals surface area contributed by atoms with E-state index >= 15 is 0 Å². The molecule has 0 saturated heterocycles. The van der Waals surface area contributed by atoms with E-state index in [-0.39, 0.29) is 0 Å². The lowest BCUT2D eigenvalue weighted by Crippen LogP contribution is -2.35. The van der Waals surface area contributed by atoms with Crippen molar-refractivity contribution < 1.29 is 4.74 Å². The van der Waals surface area contributed by atoms with Gasteiger partial charge in [0.25, 0.3) is 0 Å².